The molecule has 0 saturated heterocycles. The van der Waals surface area contributed by atoms with Gasteiger partial charge in [-0.1, -0.05) is 15.9 Å². The normalized spacial score (nSPS) is 9.25. The number of carbonyl (C=O) groups excluding carboxylic acids is 1. The fourth-order valence-corrected chi connectivity index (χ4v) is 1.95. The summed E-state index contributed by atoms with van der Waals surface area (Å²) in [6.45, 7) is 0. The van der Waals surface area contributed by atoms with Gasteiger partial charge in [0.1, 0.15) is 5.69 Å². The standard InChI is InChI=1S/C7H2Br2FNO/c8-4-1-5(9)7(11-3-12)6(10)2-4/h1-2H. The van der Waals surface area contributed by atoms with Crippen molar-refractivity contribution in [3.8, 4) is 0 Å². The van der Waals surface area contributed by atoms with Gasteiger partial charge in [0.25, 0.3) is 0 Å². The first kappa shape index (κ1) is 9.58. The summed E-state index contributed by atoms with van der Waals surface area (Å²) >= 11 is 6.14. The molecule has 1 aromatic rings. The van der Waals surface area contributed by atoms with E-state index in [1.54, 1.807) is 6.07 Å². The van der Waals surface area contributed by atoms with Gasteiger partial charge in [-0.15, -0.1) is 0 Å². The summed E-state index contributed by atoms with van der Waals surface area (Å²) in [5.41, 5.74) is -0.0341. The van der Waals surface area contributed by atoms with Crippen LogP contribution in [0.4, 0.5) is 10.1 Å². The van der Waals surface area contributed by atoms with E-state index >= 15 is 0 Å². The Hall–Kier alpha value is -0.510. The molecule has 0 spiro atoms. The van der Waals surface area contributed by atoms with Gasteiger partial charge in [-0.3, -0.25) is 0 Å². The van der Waals surface area contributed by atoms with Crippen LogP contribution in [0.3, 0.4) is 0 Å². The molecular weight excluding hydrogens is 293 g/mol. The molecule has 2 nitrogen and oxygen atoms in total. The van der Waals surface area contributed by atoms with Gasteiger partial charge < -0.3 is 0 Å². The first-order chi connectivity index (χ1) is 5.65. The van der Waals surface area contributed by atoms with Crippen molar-refractivity contribution in [3.63, 3.8) is 0 Å². The summed E-state index contributed by atoms with van der Waals surface area (Å²) in [5, 5.41) is 0. The van der Waals surface area contributed by atoms with Crippen molar-refractivity contribution in [2.45, 2.75) is 0 Å². The first-order valence-corrected chi connectivity index (χ1v) is 4.46. The van der Waals surface area contributed by atoms with Crippen molar-refractivity contribution in [2.75, 3.05) is 0 Å². The Bertz CT molecular complexity index is 337. The first-order valence-electron chi connectivity index (χ1n) is 2.87. The monoisotopic (exact) mass is 293 g/mol. The number of rotatable bonds is 1. The third kappa shape index (κ3) is 2.00. The molecule has 0 atom stereocenters. The Morgan fingerprint density at radius 1 is 1.42 bits per heavy atom. The van der Waals surface area contributed by atoms with Gasteiger partial charge in [-0.25, -0.2) is 9.18 Å². The van der Waals surface area contributed by atoms with Crippen LogP contribution in [0.25, 0.3) is 0 Å². The van der Waals surface area contributed by atoms with Crippen LogP contribution in [-0.4, -0.2) is 6.08 Å². The number of benzene rings is 1. The van der Waals surface area contributed by atoms with Gasteiger partial charge in [-0.2, -0.15) is 4.99 Å². The molecule has 0 heterocycles. The highest BCUT2D eigenvalue weighted by Crippen LogP contribution is 2.31. The van der Waals surface area contributed by atoms with E-state index in [-0.39, 0.29) is 5.69 Å². The van der Waals surface area contributed by atoms with Gasteiger partial charge >= 0.3 is 0 Å². The highest BCUT2D eigenvalue weighted by Gasteiger charge is 2.06. The van der Waals surface area contributed by atoms with E-state index in [9.17, 15) is 9.18 Å². The van der Waals surface area contributed by atoms with Gasteiger partial charge in [0, 0.05) is 8.95 Å². The SMILES string of the molecule is O=C=Nc1c(F)cc(Br)cc1Br. The molecule has 1 rings (SSSR count). The largest absolute Gasteiger partial charge is 0.240 e. The Labute approximate surface area is 84.8 Å². The molecule has 0 N–H and O–H groups in total. The number of hydrogen-bond acceptors (Lipinski definition) is 2. The van der Waals surface area contributed by atoms with Crippen LogP contribution in [0.1, 0.15) is 0 Å². The molecule has 1 aromatic carbocycles. The highest BCUT2D eigenvalue weighted by molar-refractivity contribution is 9.11. The molecule has 0 bridgehead atoms. The van der Waals surface area contributed by atoms with E-state index in [4.69, 9.17) is 0 Å². The average molecular weight is 295 g/mol. The van der Waals surface area contributed by atoms with Crippen molar-refractivity contribution < 1.29 is 9.18 Å². The predicted octanol–water partition coefficient (Wildman–Crippen LogP) is 3.32. The Morgan fingerprint density at radius 3 is 2.58 bits per heavy atom. The summed E-state index contributed by atoms with van der Waals surface area (Å²) in [4.78, 5) is 13.1. The van der Waals surface area contributed by atoms with E-state index < -0.39 is 5.82 Å². The fraction of sp³-hybridized carbons (Fsp3) is 0. The van der Waals surface area contributed by atoms with Gasteiger partial charge in [0.15, 0.2) is 5.82 Å². The van der Waals surface area contributed by atoms with E-state index in [0.717, 1.165) is 0 Å². The zero-order valence-electron chi connectivity index (χ0n) is 5.64. The second-order valence-electron chi connectivity index (χ2n) is 1.92. The lowest BCUT2D eigenvalue weighted by Crippen LogP contribution is -1.78. The van der Waals surface area contributed by atoms with Crippen molar-refractivity contribution in [1.29, 1.82) is 0 Å². The number of halogens is 3. The topological polar surface area (TPSA) is 29.4 Å². The van der Waals surface area contributed by atoms with Crippen LogP contribution in [0, 0.1) is 5.82 Å². The summed E-state index contributed by atoms with van der Waals surface area (Å²) in [7, 11) is 0. The zero-order valence-corrected chi connectivity index (χ0v) is 8.82. The molecule has 0 fully saturated rings. The highest BCUT2D eigenvalue weighted by atomic mass is 79.9. The molecular formula is C7H2Br2FNO. The number of aliphatic imine (C=N–C) groups is 1. The molecule has 12 heavy (non-hydrogen) atoms. The number of isocyanates is 1. The van der Waals surface area contributed by atoms with Crippen LogP contribution in [0.5, 0.6) is 0 Å². The summed E-state index contributed by atoms with van der Waals surface area (Å²) in [6.07, 6.45) is 1.27. The van der Waals surface area contributed by atoms with Crippen LogP contribution in [0.15, 0.2) is 26.1 Å². The van der Waals surface area contributed by atoms with Crippen LogP contribution in [0.2, 0.25) is 0 Å². The molecule has 0 aliphatic heterocycles. The van der Waals surface area contributed by atoms with Gasteiger partial charge in [0.2, 0.25) is 6.08 Å². The van der Waals surface area contributed by atoms with E-state index in [1.807, 2.05) is 0 Å². The summed E-state index contributed by atoms with van der Waals surface area (Å²) in [6, 6.07) is 2.82. The Kier molecular flexibility index (Phi) is 3.14. The minimum atomic E-state index is -0.570. The fourth-order valence-electron chi connectivity index (χ4n) is 0.687. The van der Waals surface area contributed by atoms with E-state index in [0.29, 0.717) is 8.95 Å². The minimum absolute atomic E-state index is 0.0341. The summed E-state index contributed by atoms with van der Waals surface area (Å²) < 4.78 is 14.0. The molecule has 0 saturated carbocycles. The van der Waals surface area contributed by atoms with E-state index in [1.165, 1.54) is 12.1 Å². The maximum absolute atomic E-state index is 13.0. The van der Waals surface area contributed by atoms with Crippen molar-refractivity contribution in [3.05, 3.63) is 26.9 Å². The lowest BCUT2D eigenvalue weighted by molar-refractivity contribution is 0.564. The van der Waals surface area contributed by atoms with Crippen molar-refractivity contribution in [1.82, 2.24) is 0 Å². The Morgan fingerprint density at radius 2 is 2.08 bits per heavy atom. The molecule has 0 aromatic heterocycles. The maximum atomic E-state index is 13.0. The second-order valence-corrected chi connectivity index (χ2v) is 3.69. The van der Waals surface area contributed by atoms with Crippen LogP contribution >= 0.6 is 31.9 Å². The third-order valence-electron chi connectivity index (χ3n) is 1.14. The average Bonchev–Trinajstić information content (AvgIpc) is 1.96. The number of hydrogen-bond donors (Lipinski definition) is 0. The molecule has 0 aliphatic rings. The van der Waals surface area contributed by atoms with Gasteiger partial charge in [0.05, 0.1) is 0 Å². The van der Waals surface area contributed by atoms with Crippen LogP contribution < -0.4 is 0 Å². The van der Waals surface area contributed by atoms with Crippen molar-refractivity contribution in [2.24, 2.45) is 4.99 Å². The summed E-state index contributed by atoms with van der Waals surface area (Å²) in [5.74, 6) is -0.570. The lowest BCUT2D eigenvalue weighted by Gasteiger charge is -1.98. The quantitative estimate of drug-likeness (QED) is 0.577. The van der Waals surface area contributed by atoms with E-state index in [2.05, 4.69) is 36.9 Å². The van der Waals surface area contributed by atoms with Gasteiger partial charge in [-0.05, 0) is 28.1 Å². The lowest BCUT2D eigenvalue weighted by atomic mass is 10.3. The molecule has 5 heteroatoms. The van der Waals surface area contributed by atoms with Crippen molar-refractivity contribution >= 4 is 43.6 Å². The maximum Gasteiger partial charge on any atom is 0.240 e. The molecule has 0 unspecified atom stereocenters. The van der Waals surface area contributed by atoms with Crippen LogP contribution in [-0.2, 0) is 4.79 Å². The molecule has 0 aliphatic carbocycles. The predicted molar refractivity (Wildman–Crippen MR) is 49.6 cm³/mol. The third-order valence-corrected chi connectivity index (χ3v) is 2.20. The molecule has 0 radical (unpaired) electrons. The smallest absolute Gasteiger partial charge is 0.211 e. The number of nitrogens with zero attached hydrogens (tertiary/aromatic N) is 1. The minimum Gasteiger partial charge on any atom is -0.211 e. The molecule has 0 amide bonds. The second kappa shape index (κ2) is 3.94. The zero-order chi connectivity index (χ0) is 9.14. The molecule has 62 valence electrons. The Balaban J connectivity index is 3.37.